The highest BCUT2D eigenvalue weighted by atomic mass is 32.1. The smallest absolute Gasteiger partial charge is 0.250 e. The van der Waals surface area contributed by atoms with E-state index in [1.165, 1.54) is 23.5 Å². The topological polar surface area (TPSA) is 92.0 Å². The van der Waals surface area contributed by atoms with Crippen LogP contribution in [0.1, 0.15) is 10.4 Å². The fourth-order valence-corrected chi connectivity index (χ4v) is 2.48. The Morgan fingerprint density at radius 3 is 2.89 bits per heavy atom. The number of nitrogens with one attached hydrogen (secondary N) is 1. The van der Waals surface area contributed by atoms with Crippen LogP contribution in [-0.4, -0.2) is 21.0 Å². The maximum absolute atomic E-state index is 11.3. The number of thiophene rings is 1. The van der Waals surface area contributed by atoms with Crippen LogP contribution in [0.25, 0.3) is 21.7 Å². The first-order chi connectivity index (χ1) is 8.66. The van der Waals surface area contributed by atoms with Gasteiger partial charge in [-0.3, -0.25) is 4.79 Å². The first-order valence-corrected chi connectivity index (χ1v) is 6.10. The standard InChI is InChI=1S/C12H9N3O2S/c13-11(17)6-3-4-7(16)10-9(6)14-12(15-10)8-2-1-5-18-8/h1-5,16H,(H2,13,17)(H,14,15). The maximum atomic E-state index is 11.3. The lowest BCUT2D eigenvalue weighted by Crippen LogP contribution is -2.11. The highest BCUT2D eigenvalue weighted by Crippen LogP contribution is 2.30. The number of aromatic nitrogens is 2. The predicted molar refractivity (Wildman–Crippen MR) is 69.6 cm³/mol. The van der Waals surface area contributed by atoms with Crippen molar-refractivity contribution in [2.24, 2.45) is 5.73 Å². The van der Waals surface area contributed by atoms with Crippen molar-refractivity contribution in [3.8, 4) is 16.5 Å². The van der Waals surface area contributed by atoms with Crippen LogP contribution < -0.4 is 5.73 Å². The summed E-state index contributed by atoms with van der Waals surface area (Å²) < 4.78 is 0. The molecule has 6 heteroatoms. The zero-order chi connectivity index (χ0) is 12.7. The number of rotatable bonds is 2. The number of hydrogen-bond acceptors (Lipinski definition) is 4. The summed E-state index contributed by atoms with van der Waals surface area (Å²) in [7, 11) is 0. The highest BCUT2D eigenvalue weighted by molar-refractivity contribution is 7.13. The van der Waals surface area contributed by atoms with E-state index in [9.17, 15) is 9.90 Å². The molecule has 18 heavy (non-hydrogen) atoms. The number of nitrogens with zero attached hydrogens (tertiary/aromatic N) is 1. The molecule has 2 heterocycles. The Morgan fingerprint density at radius 1 is 1.39 bits per heavy atom. The third-order valence-electron chi connectivity index (χ3n) is 2.64. The lowest BCUT2D eigenvalue weighted by atomic mass is 10.1. The summed E-state index contributed by atoms with van der Waals surface area (Å²) in [5, 5.41) is 11.7. The number of H-pyrrole nitrogens is 1. The second-order valence-corrected chi connectivity index (χ2v) is 4.73. The van der Waals surface area contributed by atoms with Crippen molar-refractivity contribution < 1.29 is 9.90 Å². The van der Waals surface area contributed by atoms with Gasteiger partial charge in [0.2, 0.25) is 0 Å². The van der Waals surface area contributed by atoms with Crippen molar-refractivity contribution >= 4 is 28.3 Å². The molecule has 5 nitrogen and oxygen atoms in total. The summed E-state index contributed by atoms with van der Waals surface area (Å²) >= 11 is 1.52. The average molecular weight is 259 g/mol. The minimum Gasteiger partial charge on any atom is -0.506 e. The summed E-state index contributed by atoms with van der Waals surface area (Å²) in [6.45, 7) is 0. The van der Waals surface area contributed by atoms with E-state index in [2.05, 4.69) is 9.97 Å². The van der Waals surface area contributed by atoms with Crippen molar-refractivity contribution in [3.05, 3.63) is 35.2 Å². The number of benzene rings is 1. The number of primary amides is 1. The molecule has 4 N–H and O–H groups in total. The van der Waals surface area contributed by atoms with Crippen molar-refractivity contribution in [1.29, 1.82) is 0 Å². The maximum Gasteiger partial charge on any atom is 0.250 e. The largest absolute Gasteiger partial charge is 0.506 e. The molecule has 1 amide bonds. The van der Waals surface area contributed by atoms with Crippen LogP contribution in [0.2, 0.25) is 0 Å². The van der Waals surface area contributed by atoms with Gasteiger partial charge in [0, 0.05) is 0 Å². The minimum absolute atomic E-state index is 0.0466. The lowest BCUT2D eigenvalue weighted by Gasteiger charge is -1.98. The fraction of sp³-hybridized carbons (Fsp3) is 0. The SMILES string of the molecule is NC(=O)c1ccc(O)c2[nH]c(-c3cccs3)nc12. The second kappa shape index (κ2) is 3.85. The van der Waals surface area contributed by atoms with Gasteiger partial charge in [-0.15, -0.1) is 11.3 Å². The molecule has 0 aliphatic carbocycles. The zero-order valence-electron chi connectivity index (χ0n) is 9.18. The summed E-state index contributed by atoms with van der Waals surface area (Å²) in [6.07, 6.45) is 0. The quantitative estimate of drug-likeness (QED) is 0.658. The summed E-state index contributed by atoms with van der Waals surface area (Å²) in [5.74, 6) is 0.0959. The molecule has 3 rings (SSSR count). The third kappa shape index (κ3) is 1.54. The number of carbonyl (C=O) groups excluding carboxylic acids is 1. The number of aromatic amines is 1. The molecule has 0 fully saturated rings. The molecule has 0 aliphatic rings. The van der Waals surface area contributed by atoms with E-state index in [0.717, 1.165) is 4.88 Å². The van der Waals surface area contributed by atoms with Crippen LogP contribution in [0.5, 0.6) is 5.75 Å². The van der Waals surface area contributed by atoms with Gasteiger partial charge in [-0.2, -0.15) is 0 Å². The van der Waals surface area contributed by atoms with E-state index in [-0.39, 0.29) is 5.75 Å². The molecule has 0 atom stereocenters. The van der Waals surface area contributed by atoms with Crippen LogP contribution in [0.15, 0.2) is 29.6 Å². The number of phenols is 1. The number of amides is 1. The van der Waals surface area contributed by atoms with Crippen LogP contribution in [-0.2, 0) is 0 Å². The minimum atomic E-state index is -0.566. The van der Waals surface area contributed by atoms with Gasteiger partial charge >= 0.3 is 0 Å². The number of fused-ring (bicyclic) bond motifs is 1. The fourth-order valence-electron chi connectivity index (χ4n) is 1.81. The second-order valence-electron chi connectivity index (χ2n) is 3.78. The Hall–Kier alpha value is -2.34. The number of imidazole rings is 1. The molecule has 0 unspecified atom stereocenters. The van der Waals surface area contributed by atoms with Crippen LogP contribution in [0, 0.1) is 0 Å². The third-order valence-corrected chi connectivity index (χ3v) is 3.52. The van der Waals surface area contributed by atoms with Gasteiger partial charge in [-0.1, -0.05) is 6.07 Å². The molecule has 1 aromatic carbocycles. The molecule has 90 valence electrons. The normalized spacial score (nSPS) is 10.9. The van der Waals surface area contributed by atoms with E-state index in [1.807, 2.05) is 17.5 Å². The first-order valence-electron chi connectivity index (χ1n) is 5.22. The van der Waals surface area contributed by atoms with E-state index < -0.39 is 5.91 Å². The Labute approximate surface area is 106 Å². The summed E-state index contributed by atoms with van der Waals surface area (Å²) in [6, 6.07) is 6.71. The van der Waals surface area contributed by atoms with E-state index in [1.54, 1.807) is 0 Å². The molecule has 3 aromatic rings. The van der Waals surface area contributed by atoms with Crippen molar-refractivity contribution in [2.45, 2.75) is 0 Å². The molecular formula is C12H9N3O2S. The monoisotopic (exact) mass is 259 g/mol. The predicted octanol–water partition coefficient (Wildman–Crippen LogP) is 2.10. The van der Waals surface area contributed by atoms with Gasteiger partial charge in [0.15, 0.2) is 0 Å². The molecule has 0 saturated heterocycles. The van der Waals surface area contributed by atoms with Gasteiger partial charge in [-0.05, 0) is 23.6 Å². The van der Waals surface area contributed by atoms with Gasteiger partial charge in [-0.25, -0.2) is 4.98 Å². The van der Waals surface area contributed by atoms with Crippen molar-refractivity contribution in [1.82, 2.24) is 9.97 Å². The zero-order valence-corrected chi connectivity index (χ0v) is 9.99. The average Bonchev–Trinajstić information content (AvgIpc) is 2.97. The molecule has 0 radical (unpaired) electrons. The van der Waals surface area contributed by atoms with Gasteiger partial charge in [0.1, 0.15) is 22.6 Å². The Balaban J connectivity index is 2.31. The van der Waals surface area contributed by atoms with Crippen LogP contribution >= 0.6 is 11.3 Å². The van der Waals surface area contributed by atoms with Crippen LogP contribution in [0.4, 0.5) is 0 Å². The summed E-state index contributed by atoms with van der Waals surface area (Å²) in [4.78, 5) is 19.6. The molecule has 0 bridgehead atoms. The Morgan fingerprint density at radius 2 is 2.22 bits per heavy atom. The number of aromatic hydroxyl groups is 1. The molecule has 0 aliphatic heterocycles. The number of nitrogens with two attached hydrogens (primary N) is 1. The number of hydrogen-bond donors (Lipinski definition) is 3. The lowest BCUT2D eigenvalue weighted by molar-refractivity contribution is 0.100. The van der Waals surface area contributed by atoms with E-state index in [0.29, 0.717) is 22.4 Å². The van der Waals surface area contributed by atoms with Gasteiger partial charge in [0.05, 0.1) is 10.4 Å². The molecule has 0 spiro atoms. The molecule has 0 saturated carbocycles. The van der Waals surface area contributed by atoms with E-state index >= 15 is 0 Å². The Kier molecular flexibility index (Phi) is 2.31. The molecular weight excluding hydrogens is 250 g/mol. The summed E-state index contributed by atoms with van der Waals surface area (Å²) in [5.41, 5.74) is 6.40. The Bertz CT molecular complexity index is 731. The highest BCUT2D eigenvalue weighted by Gasteiger charge is 2.15. The van der Waals surface area contributed by atoms with Crippen molar-refractivity contribution in [3.63, 3.8) is 0 Å². The van der Waals surface area contributed by atoms with Gasteiger partial charge in [0.25, 0.3) is 5.91 Å². The molecule has 2 aromatic heterocycles. The van der Waals surface area contributed by atoms with Gasteiger partial charge < -0.3 is 15.8 Å². The first kappa shape index (κ1) is 10.8. The number of phenolic OH excluding ortho intramolecular Hbond substituents is 1. The van der Waals surface area contributed by atoms with Crippen LogP contribution in [0.3, 0.4) is 0 Å². The van der Waals surface area contributed by atoms with E-state index in [4.69, 9.17) is 5.73 Å². The number of carbonyl (C=O) groups is 1. The van der Waals surface area contributed by atoms with Crippen molar-refractivity contribution in [2.75, 3.05) is 0 Å².